The van der Waals surface area contributed by atoms with Gasteiger partial charge in [0.25, 0.3) is 0 Å². The van der Waals surface area contributed by atoms with E-state index in [0.717, 1.165) is 4.88 Å². The molecule has 0 bridgehead atoms. The van der Waals surface area contributed by atoms with E-state index in [9.17, 15) is 14.0 Å². The average molecular weight is 461 g/mol. The van der Waals surface area contributed by atoms with Gasteiger partial charge in [0.15, 0.2) is 0 Å². The zero-order valence-corrected chi connectivity index (χ0v) is 18.7. The highest BCUT2D eigenvalue weighted by Crippen LogP contribution is 2.25. The van der Waals surface area contributed by atoms with Crippen LogP contribution in [0.5, 0.6) is 0 Å². The Morgan fingerprint density at radius 3 is 2.68 bits per heavy atom. The van der Waals surface area contributed by atoms with E-state index < -0.39 is 0 Å². The van der Waals surface area contributed by atoms with Crippen LogP contribution in [0, 0.1) is 12.7 Å². The first-order valence-corrected chi connectivity index (χ1v) is 10.9. The third-order valence-corrected chi connectivity index (χ3v) is 5.82. The van der Waals surface area contributed by atoms with Crippen molar-refractivity contribution >= 4 is 40.8 Å². The number of carbonyl (C=O) groups excluding carboxylic acids is 2. The van der Waals surface area contributed by atoms with Gasteiger partial charge < -0.3 is 10.2 Å². The largest absolute Gasteiger partial charge is 0.350 e. The van der Waals surface area contributed by atoms with Gasteiger partial charge in [-0.1, -0.05) is 17.7 Å². The molecule has 31 heavy (non-hydrogen) atoms. The maximum atomic E-state index is 13.2. The molecule has 1 aromatic carbocycles. The number of aryl methyl sites for hydroxylation is 1. The zero-order chi connectivity index (χ0) is 22.4. The SMILES string of the molecule is CCN(CC(=O)NCc1cccs1)C(=O)C=Cc1c(C)nn(-c2ccc(F)cc2)c1Cl. The van der Waals surface area contributed by atoms with E-state index in [4.69, 9.17) is 11.6 Å². The molecule has 2 heterocycles. The summed E-state index contributed by atoms with van der Waals surface area (Å²) in [6, 6.07) is 9.65. The van der Waals surface area contributed by atoms with Gasteiger partial charge in [-0.05, 0) is 55.6 Å². The Hall–Kier alpha value is -2.97. The molecule has 162 valence electrons. The molecular formula is C22H22ClFN4O2S. The zero-order valence-electron chi connectivity index (χ0n) is 17.1. The lowest BCUT2D eigenvalue weighted by molar-refractivity contribution is -0.132. The van der Waals surface area contributed by atoms with E-state index in [1.807, 2.05) is 24.4 Å². The maximum Gasteiger partial charge on any atom is 0.247 e. The molecule has 3 aromatic rings. The maximum absolute atomic E-state index is 13.2. The topological polar surface area (TPSA) is 67.2 Å². The number of rotatable bonds is 8. The van der Waals surface area contributed by atoms with Gasteiger partial charge >= 0.3 is 0 Å². The van der Waals surface area contributed by atoms with Crippen LogP contribution in [0.4, 0.5) is 4.39 Å². The summed E-state index contributed by atoms with van der Waals surface area (Å²) in [7, 11) is 0. The highest BCUT2D eigenvalue weighted by Gasteiger charge is 2.16. The minimum atomic E-state index is -0.353. The number of nitrogens with zero attached hydrogens (tertiary/aromatic N) is 3. The summed E-state index contributed by atoms with van der Waals surface area (Å²) in [6.07, 6.45) is 2.96. The molecule has 0 saturated carbocycles. The fraction of sp³-hybridized carbons (Fsp3) is 0.227. The van der Waals surface area contributed by atoms with E-state index in [1.165, 1.54) is 27.8 Å². The quantitative estimate of drug-likeness (QED) is 0.512. The molecule has 1 N–H and O–H groups in total. The Morgan fingerprint density at radius 2 is 2.03 bits per heavy atom. The van der Waals surface area contributed by atoms with Crippen LogP contribution < -0.4 is 5.32 Å². The van der Waals surface area contributed by atoms with Gasteiger partial charge in [-0.25, -0.2) is 9.07 Å². The van der Waals surface area contributed by atoms with Gasteiger partial charge in [0.05, 0.1) is 24.5 Å². The second-order valence-corrected chi connectivity index (χ2v) is 8.11. The minimum absolute atomic E-state index is 0.0351. The predicted molar refractivity (Wildman–Crippen MR) is 121 cm³/mol. The molecule has 0 spiro atoms. The molecule has 0 aliphatic heterocycles. The molecule has 0 saturated heterocycles. The van der Waals surface area contributed by atoms with Crippen molar-refractivity contribution < 1.29 is 14.0 Å². The standard InChI is InChI=1S/C22H22ClFN4O2S/c1-3-27(14-20(29)25-13-18-5-4-12-31-18)21(30)11-10-19-15(2)26-28(22(19)23)17-8-6-16(24)7-9-17/h4-12H,3,13-14H2,1-2H3,(H,25,29). The summed E-state index contributed by atoms with van der Waals surface area (Å²) in [4.78, 5) is 27.3. The van der Waals surface area contributed by atoms with Crippen LogP contribution in [-0.4, -0.2) is 39.6 Å². The molecular weight excluding hydrogens is 439 g/mol. The van der Waals surface area contributed by atoms with Crippen LogP contribution in [0.25, 0.3) is 11.8 Å². The monoisotopic (exact) mass is 460 g/mol. The van der Waals surface area contributed by atoms with E-state index in [0.29, 0.717) is 35.2 Å². The van der Waals surface area contributed by atoms with Gasteiger partial charge in [0, 0.05) is 23.1 Å². The molecule has 2 amide bonds. The molecule has 0 radical (unpaired) electrons. The van der Waals surface area contributed by atoms with E-state index >= 15 is 0 Å². The van der Waals surface area contributed by atoms with Crippen LogP contribution in [0.1, 0.15) is 23.1 Å². The van der Waals surface area contributed by atoms with Crippen LogP contribution >= 0.6 is 22.9 Å². The van der Waals surface area contributed by atoms with Crippen molar-refractivity contribution in [2.45, 2.75) is 20.4 Å². The van der Waals surface area contributed by atoms with Crippen molar-refractivity contribution in [1.82, 2.24) is 20.0 Å². The number of carbonyl (C=O) groups is 2. The molecule has 2 aromatic heterocycles. The number of amides is 2. The fourth-order valence-electron chi connectivity index (χ4n) is 2.89. The molecule has 0 atom stereocenters. The summed E-state index contributed by atoms with van der Waals surface area (Å²) >= 11 is 8.00. The smallest absolute Gasteiger partial charge is 0.247 e. The van der Waals surface area contributed by atoms with Gasteiger partial charge in [0.1, 0.15) is 11.0 Å². The Bertz CT molecular complexity index is 1080. The number of hydrogen-bond donors (Lipinski definition) is 1. The van der Waals surface area contributed by atoms with Crippen LogP contribution in [0.2, 0.25) is 5.15 Å². The summed E-state index contributed by atoms with van der Waals surface area (Å²) in [5.74, 6) is -0.886. The third-order valence-electron chi connectivity index (χ3n) is 4.58. The lowest BCUT2D eigenvalue weighted by Gasteiger charge is -2.18. The predicted octanol–water partition coefficient (Wildman–Crippen LogP) is 4.21. The Balaban J connectivity index is 1.66. The van der Waals surface area contributed by atoms with Crippen molar-refractivity contribution in [3.8, 4) is 5.69 Å². The first-order valence-electron chi connectivity index (χ1n) is 9.66. The summed E-state index contributed by atoms with van der Waals surface area (Å²) in [5.41, 5.74) is 1.81. The Labute approximate surface area is 188 Å². The summed E-state index contributed by atoms with van der Waals surface area (Å²) < 4.78 is 14.7. The minimum Gasteiger partial charge on any atom is -0.350 e. The van der Waals surface area contributed by atoms with Crippen LogP contribution in [-0.2, 0) is 16.1 Å². The molecule has 0 aliphatic carbocycles. The summed E-state index contributed by atoms with van der Waals surface area (Å²) in [5, 5.41) is 9.44. The molecule has 0 fully saturated rings. The number of likely N-dealkylation sites (N-methyl/N-ethyl adjacent to an activating group) is 1. The average Bonchev–Trinajstić information content (AvgIpc) is 3.37. The lowest BCUT2D eigenvalue weighted by Crippen LogP contribution is -2.39. The van der Waals surface area contributed by atoms with Crippen LogP contribution in [0.3, 0.4) is 0 Å². The van der Waals surface area contributed by atoms with Crippen LogP contribution in [0.15, 0.2) is 47.9 Å². The van der Waals surface area contributed by atoms with Gasteiger partial charge in [0.2, 0.25) is 11.8 Å². The number of nitrogens with one attached hydrogen (secondary N) is 1. The van der Waals surface area contributed by atoms with Gasteiger partial charge in [-0.15, -0.1) is 11.3 Å². The Morgan fingerprint density at radius 1 is 1.29 bits per heavy atom. The van der Waals surface area contributed by atoms with E-state index in [1.54, 1.807) is 36.5 Å². The van der Waals surface area contributed by atoms with Crippen molar-refractivity contribution in [2.75, 3.05) is 13.1 Å². The van der Waals surface area contributed by atoms with E-state index in [-0.39, 0.29) is 24.2 Å². The molecule has 0 unspecified atom stereocenters. The van der Waals surface area contributed by atoms with Crippen molar-refractivity contribution in [2.24, 2.45) is 0 Å². The van der Waals surface area contributed by atoms with Crippen molar-refractivity contribution in [3.63, 3.8) is 0 Å². The molecule has 9 heteroatoms. The number of halogens is 2. The van der Waals surface area contributed by atoms with Crippen molar-refractivity contribution in [3.05, 3.63) is 75.0 Å². The number of hydrogen-bond acceptors (Lipinski definition) is 4. The fourth-order valence-corrected chi connectivity index (χ4v) is 3.87. The number of thiophene rings is 1. The van der Waals surface area contributed by atoms with Crippen molar-refractivity contribution in [1.29, 1.82) is 0 Å². The highest BCUT2D eigenvalue weighted by atomic mass is 35.5. The molecule has 6 nitrogen and oxygen atoms in total. The lowest BCUT2D eigenvalue weighted by atomic mass is 10.2. The van der Waals surface area contributed by atoms with Gasteiger partial charge in [-0.3, -0.25) is 9.59 Å². The first kappa shape index (κ1) is 22.7. The summed E-state index contributed by atoms with van der Waals surface area (Å²) in [6.45, 7) is 4.37. The van der Waals surface area contributed by atoms with E-state index in [2.05, 4.69) is 10.4 Å². The number of aromatic nitrogens is 2. The molecule has 0 aliphatic rings. The Kier molecular flexibility index (Phi) is 7.59. The third kappa shape index (κ3) is 5.80. The second kappa shape index (κ2) is 10.4. The normalized spacial score (nSPS) is 11.1. The second-order valence-electron chi connectivity index (χ2n) is 6.72. The first-order chi connectivity index (χ1) is 14.9. The molecule has 3 rings (SSSR count). The highest BCUT2D eigenvalue weighted by molar-refractivity contribution is 7.09. The number of benzene rings is 1. The van der Waals surface area contributed by atoms with Gasteiger partial charge in [-0.2, -0.15) is 5.10 Å².